The van der Waals surface area contributed by atoms with Gasteiger partial charge in [0.1, 0.15) is 6.61 Å². The van der Waals surface area contributed by atoms with E-state index in [-0.39, 0.29) is 24.6 Å². The second-order valence-electron chi connectivity index (χ2n) is 3.65. The summed E-state index contributed by atoms with van der Waals surface area (Å²) in [4.78, 5) is 26.0. The second kappa shape index (κ2) is 7.44. The number of aliphatic carboxylic acids is 1. The smallest absolute Gasteiger partial charge is 0.329 e. The number of nitrogens with zero attached hydrogens (tertiary/aromatic N) is 2. The Hall–Kier alpha value is -1.89. The molecule has 0 spiro atoms. The molecular formula is C11H17N3O4. The molecule has 100 valence electrons. The third-order valence-corrected chi connectivity index (χ3v) is 2.14. The fourth-order valence-corrected chi connectivity index (χ4v) is 1.39. The number of hydrogen-bond acceptors (Lipinski definition) is 5. The van der Waals surface area contributed by atoms with E-state index in [2.05, 4.69) is 10.3 Å². The summed E-state index contributed by atoms with van der Waals surface area (Å²) >= 11 is 0. The van der Waals surface area contributed by atoms with E-state index < -0.39 is 5.97 Å². The van der Waals surface area contributed by atoms with Crippen LogP contribution in [0.25, 0.3) is 0 Å². The first kappa shape index (κ1) is 14.2. The highest BCUT2D eigenvalue weighted by Gasteiger charge is 2.03. The van der Waals surface area contributed by atoms with Crippen molar-refractivity contribution >= 4 is 11.8 Å². The van der Waals surface area contributed by atoms with Crippen LogP contribution in [-0.2, 0) is 16.1 Å². The lowest BCUT2D eigenvalue weighted by Crippen LogP contribution is -2.25. The first-order valence-electron chi connectivity index (χ1n) is 5.74. The van der Waals surface area contributed by atoms with Crippen molar-refractivity contribution in [3.63, 3.8) is 0 Å². The number of nitrogens with one attached hydrogen (secondary N) is 1. The van der Waals surface area contributed by atoms with Gasteiger partial charge >= 0.3 is 5.97 Å². The van der Waals surface area contributed by atoms with Gasteiger partial charge in [0.25, 0.3) is 5.56 Å². The molecule has 0 saturated heterocycles. The second-order valence-corrected chi connectivity index (χ2v) is 3.65. The first-order chi connectivity index (χ1) is 8.65. The van der Waals surface area contributed by atoms with Crippen molar-refractivity contribution in [2.24, 2.45) is 0 Å². The van der Waals surface area contributed by atoms with Crippen LogP contribution in [-0.4, -0.2) is 40.4 Å². The van der Waals surface area contributed by atoms with Crippen molar-refractivity contribution in [2.45, 2.75) is 19.9 Å². The van der Waals surface area contributed by atoms with Crippen LogP contribution in [0.2, 0.25) is 0 Å². The summed E-state index contributed by atoms with van der Waals surface area (Å²) in [6.07, 6.45) is 4.06. The molecule has 18 heavy (non-hydrogen) atoms. The lowest BCUT2D eigenvalue weighted by atomic mass is 10.4. The average molecular weight is 255 g/mol. The minimum absolute atomic E-state index is 0.183. The van der Waals surface area contributed by atoms with Gasteiger partial charge < -0.3 is 19.7 Å². The molecule has 0 aromatic carbocycles. The Kier molecular flexibility index (Phi) is 5.86. The van der Waals surface area contributed by atoms with E-state index in [1.807, 2.05) is 6.92 Å². The third-order valence-electron chi connectivity index (χ3n) is 2.14. The summed E-state index contributed by atoms with van der Waals surface area (Å²) < 4.78 is 6.41. The summed E-state index contributed by atoms with van der Waals surface area (Å²) in [5, 5.41) is 11.2. The number of carboxylic acid groups (broad SMARTS) is 1. The lowest BCUT2D eigenvalue weighted by molar-refractivity contribution is -0.142. The van der Waals surface area contributed by atoms with E-state index in [1.165, 1.54) is 0 Å². The topological polar surface area (TPSA) is 93.4 Å². The maximum Gasteiger partial charge on any atom is 0.329 e. The largest absolute Gasteiger partial charge is 0.480 e. The van der Waals surface area contributed by atoms with E-state index in [1.54, 1.807) is 17.0 Å². The maximum atomic E-state index is 11.8. The quantitative estimate of drug-likeness (QED) is 0.643. The van der Waals surface area contributed by atoms with Crippen molar-refractivity contribution < 1.29 is 14.6 Å². The first-order valence-corrected chi connectivity index (χ1v) is 5.74. The number of aromatic nitrogens is 2. The molecule has 0 radical (unpaired) electrons. The Morgan fingerprint density at radius 3 is 3.06 bits per heavy atom. The summed E-state index contributed by atoms with van der Waals surface area (Å²) in [7, 11) is 0. The Morgan fingerprint density at radius 1 is 1.61 bits per heavy atom. The van der Waals surface area contributed by atoms with Gasteiger partial charge in [-0.25, -0.2) is 9.78 Å². The number of hydrogen-bond donors (Lipinski definition) is 2. The highest BCUT2D eigenvalue weighted by Crippen LogP contribution is 1.93. The fraction of sp³-hybridized carbons (Fsp3) is 0.545. The normalized spacial score (nSPS) is 10.3. The zero-order chi connectivity index (χ0) is 13.4. The van der Waals surface area contributed by atoms with E-state index in [4.69, 9.17) is 9.84 Å². The van der Waals surface area contributed by atoms with Gasteiger partial charge in [0.2, 0.25) is 0 Å². The molecule has 0 saturated carbocycles. The molecule has 1 aromatic heterocycles. The van der Waals surface area contributed by atoms with Crippen LogP contribution in [0.15, 0.2) is 17.2 Å². The van der Waals surface area contributed by atoms with Gasteiger partial charge in [0.05, 0.1) is 6.61 Å². The Balaban J connectivity index is 2.45. The molecule has 0 atom stereocenters. The molecule has 1 rings (SSSR count). The number of rotatable bonds is 8. The van der Waals surface area contributed by atoms with Crippen molar-refractivity contribution in [1.82, 2.24) is 9.55 Å². The number of carboxylic acids is 1. The monoisotopic (exact) mass is 255 g/mol. The number of anilines is 1. The molecule has 2 N–H and O–H groups in total. The molecule has 0 unspecified atom stereocenters. The number of carbonyl (C=O) groups is 1. The van der Waals surface area contributed by atoms with Crippen LogP contribution in [0.1, 0.15) is 13.3 Å². The van der Waals surface area contributed by atoms with Gasteiger partial charge in [-0.05, 0) is 6.42 Å². The Labute approximate surface area is 104 Å². The maximum absolute atomic E-state index is 11.8. The number of aryl methyl sites for hydroxylation is 1. The van der Waals surface area contributed by atoms with Gasteiger partial charge in [-0.15, -0.1) is 0 Å². The van der Waals surface area contributed by atoms with E-state index in [9.17, 15) is 9.59 Å². The van der Waals surface area contributed by atoms with Gasteiger partial charge in [0, 0.05) is 25.5 Å². The minimum Gasteiger partial charge on any atom is -0.480 e. The van der Waals surface area contributed by atoms with Gasteiger partial charge in [-0.2, -0.15) is 0 Å². The summed E-state index contributed by atoms with van der Waals surface area (Å²) in [5.41, 5.74) is -0.183. The predicted molar refractivity (Wildman–Crippen MR) is 65.7 cm³/mol. The average Bonchev–Trinajstić information content (AvgIpc) is 2.33. The van der Waals surface area contributed by atoms with Crippen LogP contribution < -0.4 is 10.9 Å². The number of ether oxygens (including phenoxy) is 1. The van der Waals surface area contributed by atoms with E-state index in [0.29, 0.717) is 13.1 Å². The molecule has 0 aliphatic carbocycles. The van der Waals surface area contributed by atoms with E-state index >= 15 is 0 Å². The third kappa shape index (κ3) is 4.54. The fourth-order valence-electron chi connectivity index (χ4n) is 1.39. The van der Waals surface area contributed by atoms with Crippen LogP contribution in [0.4, 0.5) is 5.82 Å². The highest BCUT2D eigenvalue weighted by atomic mass is 16.5. The molecule has 1 aromatic rings. The molecule has 7 heteroatoms. The molecule has 0 aliphatic rings. The van der Waals surface area contributed by atoms with Crippen LogP contribution in [0.3, 0.4) is 0 Å². The van der Waals surface area contributed by atoms with Crippen molar-refractivity contribution in [2.75, 3.05) is 25.1 Å². The zero-order valence-electron chi connectivity index (χ0n) is 10.3. The highest BCUT2D eigenvalue weighted by molar-refractivity contribution is 5.67. The van der Waals surface area contributed by atoms with Crippen molar-refractivity contribution in [3.05, 3.63) is 22.7 Å². The molecular weight excluding hydrogens is 238 g/mol. The molecule has 0 fully saturated rings. The van der Waals surface area contributed by atoms with Crippen LogP contribution in [0.5, 0.6) is 0 Å². The molecule has 7 nitrogen and oxygen atoms in total. The molecule has 0 aliphatic heterocycles. The molecule has 1 heterocycles. The van der Waals surface area contributed by atoms with Crippen LogP contribution in [0, 0.1) is 0 Å². The van der Waals surface area contributed by atoms with Gasteiger partial charge in [-0.1, -0.05) is 6.92 Å². The summed E-state index contributed by atoms with van der Waals surface area (Å²) in [6.45, 7) is 2.83. The SMILES string of the molecule is CCCn1ccnc(NCCOCC(=O)O)c1=O. The van der Waals surface area contributed by atoms with Crippen LogP contribution >= 0.6 is 0 Å². The Bertz CT molecular complexity index is 444. The minimum atomic E-state index is -1.02. The predicted octanol–water partition coefficient (Wildman–Crippen LogP) is 0.166. The van der Waals surface area contributed by atoms with E-state index in [0.717, 1.165) is 6.42 Å². The van der Waals surface area contributed by atoms with Gasteiger partial charge in [-0.3, -0.25) is 4.79 Å². The van der Waals surface area contributed by atoms with Crippen molar-refractivity contribution in [3.8, 4) is 0 Å². The van der Waals surface area contributed by atoms with Crippen molar-refractivity contribution in [1.29, 1.82) is 0 Å². The lowest BCUT2D eigenvalue weighted by Gasteiger charge is -2.07. The van der Waals surface area contributed by atoms with Gasteiger partial charge in [0.15, 0.2) is 5.82 Å². The summed E-state index contributed by atoms with van der Waals surface area (Å²) in [5.74, 6) is -0.761. The standard InChI is InChI=1S/C11H17N3O4/c1-2-5-14-6-3-12-10(11(14)17)13-4-7-18-8-9(15)16/h3,6H,2,4-5,7-8H2,1H3,(H,12,13)(H,15,16). The Morgan fingerprint density at radius 2 is 2.39 bits per heavy atom. The molecule has 0 amide bonds. The zero-order valence-corrected chi connectivity index (χ0v) is 10.3. The summed E-state index contributed by atoms with van der Waals surface area (Å²) in [6, 6.07) is 0. The molecule has 0 bridgehead atoms.